The van der Waals surface area contributed by atoms with E-state index in [9.17, 15) is 9.59 Å². The molecule has 0 aliphatic carbocycles. The molecule has 0 aromatic carbocycles. The lowest BCUT2D eigenvalue weighted by Gasteiger charge is -2.21. The lowest BCUT2D eigenvalue weighted by molar-refractivity contribution is -0.128. The number of carbonyl (C=O) groups excluding carboxylic acids is 2. The molecule has 0 aromatic heterocycles. The summed E-state index contributed by atoms with van der Waals surface area (Å²) in [5.74, 6) is -0.129. The summed E-state index contributed by atoms with van der Waals surface area (Å²) < 4.78 is 0. The van der Waals surface area contributed by atoms with E-state index in [2.05, 4.69) is 10.6 Å². The first kappa shape index (κ1) is 12.0. The number of nitrogens with one attached hydrogen (secondary N) is 2. The molecule has 5 nitrogen and oxygen atoms in total. The molecule has 1 fully saturated rings. The average Bonchev–Trinajstić information content (AvgIpc) is 2.18. The van der Waals surface area contributed by atoms with E-state index >= 15 is 0 Å². The fourth-order valence-electron chi connectivity index (χ4n) is 1.51. The van der Waals surface area contributed by atoms with Gasteiger partial charge in [-0.25, -0.2) is 0 Å². The minimum absolute atomic E-state index is 0.0167. The Bertz CT molecular complexity index is 231. The quantitative estimate of drug-likeness (QED) is 0.584. The molecule has 1 saturated heterocycles. The van der Waals surface area contributed by atoms with Crippen molar-refractivity contribution in [2.75, 3.05) is 13.1 Å². The predicted molar refractivity (Wildman–Crippen MR) is 55.0 cm³/mol. The topological polar surface area (TPSA) is 78.4 Å². The Morgan fingerprint density at radius 3 is 3.00 bits per heavy atom. The van der Waals surface area contributed by atoms with Crippen LogP contribution in [0.2, 0.25) is 0 Å². The van der Waals surface area contributed by atoms with Crippen LogP contribution in [0, 0.1) is 5.92 Å². The van der Waals surface area contributed by atoms with Crippen molar-refractivity contribution in [1.29, 1.82) is 0 Å². The van der Waals surface area contributed by atoms with E-state index in [1.807, 2.05) is 0 Å². The van der Waals surface area contributed by atoms with Gasteiger partial charge in [-0.3, -0.25) is 9.59 Å². The maximum atomic E-state index is 11.5. The standard InChI is InChI=1S/C10H18N2O3/c1-7(13)4-5-11-10(15)8-2-3-9(14)12-6-8/h7-8,13H,2-6H2,1H3,(H,11,15)(H,12,14). The van der Waals surface area contributed by atoms with E-state index in [0.29, 0.717) is 32.4 Å². The zero-order chi connectivity index (χ0) is 11.3. The van der Waals surface area contributed by atoms with Crippen molar-refractivity contribution < 1.29 is 14.7 Å². The van der Waals surface area contributed by atoms with Gasteiger partial charge in [-0.05, 0) is 19.8 Å². The zero-order valence-corrected chi connectivity index (χ0v) is 8.95. The number of piperidine rings is 1. The van der Waals surface area contributed by atoms with E-state index in [0.717, 1.165) is 0 Å². The Morgan fingerprint density at radius 1 is 1.73 bits per heavy atom. The molecule has 0 spiro atoms. The van der Waals surface area contributed by atoms with Gasteiger partial charge in [0.2, 0.25) is 11.8 Å². The molecule has 0 saturated carbocycles. The van der Waals surface area contributed by atoms with Crippen molar-refractivity contribution in [2.24, 2.45) is 5.92 Å². The molecule has 1 aliphatic rings. The highest BCUT2D eigenvalue weighted by Crippen LogP contribution is 2.10. The molecule has 5 heteroatoms. The smallest absolute Gasteiger partial charge is 0.224 e. The Kier molecular flexibility index (Phi) is 4.55. The summed E-state index contributed by atoms with van der Waals surface area (Å²) >= 11 is 0. The first-order valence-corrected chi connectivity index (χ1v) is 5.32. The highest BCUT2D eigenvalue weighted by molar-refractivity contribution is 5.83. The molecular weight excluding hydrogens is 196 g/mol. The Morgan fingerprint density at radius 2 is 2.47 bits per heavy atom. The number of aliphatic hydroxyl groups is 1. The molecular formula is C10H18N2O3. The molecule has 0 bridgehead atoms. The molecule has 1 rings (SSSR count). The maximum Gasteiger partial charge on any atom is 0.224 e. The third-order valence-electron chi connectivity index (χ3n) is 2.50. The van der Waals surface area contributed by atoms with Gasteiger partial charge >= 0.3 is 0 Å². The normalized spacial score (nSPS) is 23.1. The van der Waals surface area contributed by atoms with Crippen LogP contribution in [0.25, 0.3) is 0 Å². The van der Waals surface area contributed by atoms with Crippen LogP contribution in [-0.4, -0.2) is 36.1 Å². The van der Waals surface area contributed by atoms with Gasteiger partial charge in [0.25, 0.3) is 0 Å². The van der Waals surface area contributed by atoms with Gasteiger partial charge in [0, 0.05) is 19.5 Å². The average molecular weight is 214 g/mol. The summed E-state index contributed by atoms with van der Waals surface area (Å²) in [5, 5.41) is 14.4. The van der Waals surface area contributed by atoms with Crippen LogP contribution in [0.5, 0.6) is 0 Å². The predicted octanol–water partition coefficient (Wildman–Crippen LogP) is -0.600. The summed E-state index contributed by atoms with van der Waals surface area (Å²) in [7, 11) is 0. The van der Waals surface area contributed by atoms with Crippen LogP contribution in [0.1, 0.15) is 26.2 Å². The number of aliphatic hydroxyl groups excluding tert-OH is 1. The van der Waals surface area contributed by atoms with Gasteiger partial charge in [-0.1, -0.05) is 0 Å². The van der Waals surface area contributed by atoms with Gasteiger partial charge in [0.1, 0.15) is 0 Å². The monoisotopic (exact) mass is 214 g/mol. The number of rotatable bonds is 4. The van der Waals surface area contributed by atoms with E-state index in [-0.39, 0.29) is 17.7 Å². The first-order valence-electron chi connectivity index (χ1n) is 5.32. The molecule has 15 heavy (non-hydrogen) atoms. The minimum Gasteiger partial charge on any atom is -0.393 e. The Labute approximate surface area is 89.2 Å². The second-order valence-corrected chi connectivity index (χ2v) is 3.97. The van der Waals surface area contributed by atoms with Gasteiger partial charge in [0.15, 0.2) is 0 Å². The summed E-state index contributed by atoms with van der Waals surface area (Å²) in [6.45, 7) is 2.60. The lowest BCUT2D eigenvalue weighted by Crippen LogP contribution is -2.43. The highest BCUT2D eigenvalue weighted by Gasteiger charge is 2.23. The van der Waals surface area contributed by atoms with Crippen LogP contribution in [0.3, 0.4) is 0 Å². The Hall–Kier alpha value is -1.10. The molecule has 1 heterocycles. The van der Waals surface area contributed by atoms with Crippen molar-refractivity contribution >= 4 is 11.8 Å². The van der Waals surface area contributed by atoms with Crippen LogP contribution in [0.15, 0.2) is 0 Å². The van der Waals surface area contributed by atoms with Crippen molar-refractivity contribution in [3.05, 3.63) is 0 Å². The van der Waals surface area contributed by atoms with Crippen LogP contribution >= 0.6 is 0 Å². The summed E-state index contributed by atoms with van der Waals surface area (Å²) in [4.78, 5) is 22.4. The minimum atomic E-state index is -0.392. The zero-order valence-electron chi connectivity index (χ0n) is 8.95. The van der Waals surface area contributed by atoms with Crippen LogP contribution in [-0.2, 0) is 9.59 Å². The summed E-state index contributed by atoms with van der Waals surface area (Å²) in [5.41, 5.74) is 0. The molecule has 2 unspecified atom stereocenters. The summed E-state index contributed by atoms with van der Waals surface area (Å²) in [6.07, 6.45) is 1.21. The molecule has 2 amide bonds. The van der Waals surface area contributed by atoms with Gasteiger partial charge in [-0.2, -0.15) is 0 Å². The number of carbonyl (C=O) groups is 2. The van der Waals surface area contributed by atoms with Crippen molar-refractivity contribution in [3.63, 3.8) is 0 Å². The van der Waals surface area contributed by atoms with Gasteiger partial charge < -0.3 is 15.7 Å². The molecule has 0 aromatic rings. The maximum absolute atomic E-state index is 11.5. The van der Waals surface area contributed by atoms with Crippen LogP contribution < -0.4 is 10.6 Å². The molecule has 3 N–H and O–H groups in total. The molecule has 86 valence electrons. The second kappa shape index (κ2) is 5.70. The molecule has 0 radical (unpaired) electrons. The SMILES string of the molecule is CC(O)CCNC(=O)C1CCC(=O)NC1. The highest BCUT2D eigenvalue weighted by atomic mass is 16.3. The number of hydrogen-bond acceptors (Lipinski definition) is 3. The third-order valence-corrected chi connectivity index (χ3v) is 2.50. The number of amides is 2. The lowest BCUT2D eigenvalue weighted by atomic mass is 9.98. The molecule has 1 aliphatic heterocycles. The molecule has 2 atom stereocenters. The van der Waals surface area contributed by atoms with Crippen LogP contribution in [0.4, 0.5) is 0 Å². The fraction of sp³-hybridized carbons (Fsp3) is 0.800. The van der Waals surface area contributed by atoms with E-state index in [4.69, 9.17) is 5.11 Å². The van der Waals surface area contributed by atoms with Crippen molar-refractivity contribution in [3.8, 4) is 0 Å². The second-order valence-electron chi connectivity index (χ2n) is 3.97. The fourth-order valence-corrected chi connectivity index (χ4v) is 1.51. The Balaban J connectivity index is 2.19. The number of hydrogen-bond donors (Lipinski definition) is 3. The van der Waals surface area contributed by atoms with Gasteiger partial charge in [-0.15, -0.1) is 0 Å². The van der Waals surface area contributed by atoms with E-state index in [1.165, 1.54) is 0 Å². The van der Waals surface area contributed by atoms with Gasteiger partial charge in [0.05, 0.1) is 12.0 Å². The largest absolute Gasteiger partial charge is 0.393 e. The van der Waals surface area contributed by atoms with Crippen molar-refractivity contribution in [1.82, 2.24) is 10.6 Å². The third kappa shape index (κ3) is 4.29. The van der Waals surface area contributed by atoms with E-state index < -0.39 is 6.10 Å². The van der Waals surface area contributed by atoms with Crippen molar-refractivity contribution in [2.45, 2.75) is 32.3 Å². The first-order chi connectivity index (χ1) is 7.09. The van der Waals surface area contributed by atoms with E-state index in [1.54, 1.807) is 6.92 Å². The summed E-state index contributed by atoms with van der Waals surface area (Å²) in [6, 6.07) is 0.